The highest BCUT2D eigenvalue weighted by molar-refractivity contribution is 5.84. The lowest BCUT2D eigenvalue weighted by atomic mass is 9.98. The monoisotopic (exact) mass is 312 g/mol. The maximum Gasteiger partial charge on any atom is 0.237 e. The van der Waals surface area contributed by atoms with Crippen LogP contribution in [0.4, 0.5) is 22.0 Å². The number of nitrogens with one attached hydrogen (secondary N) is 1. The van der Waals surface area contributed by atoms with Gasteiger partial charge in [0.25, 0.3) is 0 Å². The molecule has 0 radical (unpaired) electrons. The molecule has 0 aromatic heterocycles. The number of likely N-dealkylation sites (N-methyl/N-ethyl adjacent to an activating group) is 1. The van der Waals surface area contributed by atoms with Crippen molar-refractivity contribution in [3.8, 4) is 5.75 Å². The van der Waals surface area contributed by atoms with Gasteiger partial charge >= 0.3 is 0 Å². The minimum atomic E-state index is -2.27. The number of amides is 1. The van der Waals surface area contributed by atoms with E-state index in [0.29, 0.717) is 0 Å². The van der Waals surface area contributed by atoms with E-state index < -0.39 is 52.9 Å². The van der Waals surface area contributed by atoms with Crippen molar-refractivity contribution in [2.45, 2.75) is 18.9 Å². The highest BCUT2D eigenvalue weighted by Crippen LogP contribution is 2.29. The Bertz CT molecular complexity index is 538. The molecular weight excluding hydrogens is 299 g/mol. The van der Waals surface area contributed by atoms with Crippen LogP contribution in [-0.2, 0) is 4.79 Å². The van der Waals surface area contributed by atoms with E-state index in [-0.39, 0.29) is 6.42 Å². The zero-order valence-electron chi connectivity index (χ0n) is 11.2. The molecule has 0 aliphatic rings. The summed E-state index contributed by atoms with van der Waals surface area (Å²) >= 11 is 0. The van der Waals surface area contributed by atoms with Crippen LogP contribution < -0.4 is 15.8 Å². The van der Waals surface area contributed by atoms with E-state index in [9.17, 15) is 26.7 Å². The Labute approximate surface area is 117 Å². The molecule has 118 valence electrons. The summed E-state index contributed by atoms with van der Waals surface area (Å²) in [5.74, 6) is -12.8. The third kappa shape index (κ3) is 3.23. The van der Waals surface area contributed by atoms with Gasteiger partial charge in [-0.05, 0) is 14.0 Å². The van der Waals surface area contributed by atoms with Crippen molar-refractivity contribution in [3.05, 3.63) is 29.1 Å². The van der Waals surface area contributed by atoms with Crippen molar-refractivity contribution >= 4 is 5.91 Å². The van der Waals surface area contributed by atoms with Crippen LogP contribution in [0.3, 0.4) is 0 Å². The van der Waals surface area contributed by atoms with Crippen LogP contribution in [0.1, 0.15) is 13.3 Å². The van der Waals surface area contributed by atoms with Gasteiger partial charge in [-0.3, -0.25) is 4.79 Å². The molecule has 0 spiro atoms. The first-order valence-corrected chi connectivity index (χ1v) is 5.78. The SMILES string of the molecule is CNC(C)(CCOc1c(F)c(F)c(F)c(F)c1F)C(N)=O. The summed E-state index contributed by atoms with van der Waals surface area (Å²) in [6.07, 6.45) is -0.141. The van der Waals surface area contributed by atoms with Gasteiger partial charge in [0, 0.05) is 6.42 Å². The number of primary amides is 1. The number of rotatable bonds is 6. The predicted octanol–water partition coefficient (Wildman–Crippen LogP) is 1.61. The molecule has 0 saturated carbocycles. The molecule has 0 saturated heterocycles. The molecule has 1 amide bonds. The fourth-order valence-electron chi connectivity index (χ4n) is 1.44. The van der Waals surface area contributed by atoms with E-state index in [0.717, 1.165) is 0 Å². The van der Waals surface area contributed by atoms with E-state index in [2.05, 4.69) is 10.1 Å². The van der Waals surface area contributed by atoms with Crippen molar-refractivity contribution in [3.63, 3.8) is 0 Å². The first-order valence-electron chi connectivity index (χ1n) is 5.78. The van der Waals surface area contributed by atoms with Crippen molar-refractivity contribution in [1.29, 1.82) is 0 Å². The lowest BCUT2D eigenvalue weighted by Gasteiger charge is -2.25. The number of hydrogen-bond acceptors (Lipinski definition) is 3. The van der Waals surface area contributed by atoms with E-state index in [1.165, 1.54) is 14.0 Å². The molecule has 0 bridgehead atoms. The van der Waals surface area contributed by atoms with Crippen LogP contribution in [0.5, 0.6) is 5.75 Å². The van der Waals surface area contributed by atoms with Gasteiger partial charge in [-0.2, -0.15) is 8.78 Å². The van der Waals surface area contributed by atoms with Gasteiger partial charge in [0.2, 0.25) is 35.0 Å². The topological polar surface area (TPSA) is 64.3 Å². The number of nitrogens with two attached hydrogens (primary N) is 1. The summed E-state index contributed by atoms with van der Waals surface area (Å²) in [6, 6.07) is 0. The summed E-state index contributed by atoms with van der Waals surface area (Å²) in [6.45, 7) is 0.913. The van der Waals surface area contributed by atoms with Crippen molar-refractivity contribution in [1.82, 2.24) is 5.32 Å². The third-order valence-corrected chi connectivity index (χ3v) is 3.11. The Kier molecular flexibility index (Phi) is 5.10. The first kappa shape index (κ1) is 17.2. The fraction of sp³-hybridized carbons (Fsp3) is 0.417. The minimum Gasteiger partial charge on any atom is -0.487 e. The third-order valence-electron chi connectivity index (χ3n) is 3.11. The van der Waals surface area contributed by atoms with Crippen molar-refractivity contribution < 1.29 is 31.5 Å². The molecule has 1 aromatic carbocycles. The second kappa shape index (κ2) is 6.25. The number of carbonyl (C=O) groups is 1. The Morgan fingerprint density at radius 3 is 1.90 bits per heavy atom. The summed E-state index contributed by atoms with van der Waals surface area (Å²) < 4.78 is 69.9. The van der Waals surface area contributed by atoms with Gasteiger partial charge in [0.1, 0.15) is 0 Å². The standard InChI is InChI=1S/C12H13F5N2O2/c1-12(19-2,11(18)20)3-4-21-10-8(16)6(14)5(13)7(15)9(10)17/h19H,3-4H2,1-2H3,(H2,18,20). The normalized spacial score (nSPS) is 13.9. The molecule has 3 N–H and O–H groups in total. The quantitative estimate of drug-likeness (QED) is 0.476. The van der Waals surface area contributed by atoms with Crippen LogP contribution in [0.2, 0.25) is 0 Å². The molecule has 1 aromatic rings. The summed E-state index contributed by atoms with van der Waals surface area (Å²) in [5, 5.41) is 2.58. The second-order valence-electron chi connectivity index (χ2n) is 4.44. The van der Waals surface area contributed by atoms with Crippen LogP contribution in [0, 0.1) is 29.1 Å². The number of halogens is 5. The van der Waals surface area contributed by atoms with Gasteiger partial charge in [-0.1, -0.05) is 0 Å². The molecule has 1 atom stereocenters. The Morgan fingerprint density at radius 1 is 1.10 bits per heavy atom. The van der Waals surface area contributed by atoms with Gasteiger partial charge in [-0.15, -0.1) is 0 Å². The maximum absolute atomic E-state index is 13.3. The van der Waals surface area contributed by atoms with Crippen LogP contribution in [0.15, 0.2) is 0 Å². The van der Waals surface area contributed by atoms with Crippen molar-refractivity contribution in [2.75, 3.05) is 13.7 Å². The molecule has 9 heteroatoms. The average molecular weight is 312 g/mol. The van der Waals surface area contributed by atoms with Gasteiger partial charge in [0.05, 0.1) is 12.1 Å². The largest absolute Gasteiger partial charge is 0.487 e. The molecule has 1 unspecified atom stereocenters. The second-order valence-corrected chi connectivity index (χ2v) is 4.44. The number of carbonyl (C=O) groups excluding carboxylic acids is 1. The van der Waals surface area contributed by atoms with E-state index in [4.69, 9.17) is 5.73 Å². The summed E-state index contributed by atoms with van der Waals surface area (Å²) in [7, 11) is 1.42. The highest BCUT2D eigenvalue weighted by Gasteiger charge is 2.30. The van der Waals surface area contributed by atoms with Gasteiger partial charge in [-0.25, -0.2) is 13.2 Å². The molecular formula is C12H13F5N2O2. The van der Waals surface area contributed by atoms with Crippen LogP contribution in [-0.4, -0.2) is 25.1 Å². The minimum absolute atomic E-state index is 0.141. The highest BCUT2D eigenvalue weighted by atomic mass is 19.2. The molecule has 1 rings (SSSR count). The molecule has 0 heterocycles. The number of hydrogen-bond donors (Lipinski definition) is 2. The number of benzene rings is 1. The van der Waals surface area contributed by atoms with Crippen LogP contribution >= 0.6 is 0 Å². The maximum atomic E-state index is 13.3. The Hall–Kier alpha value is -1.90. The lowest BCUT2D eigenvalue weighted by molar-refractivity contribution is -0.124. The van der Waals surface area contributed by atoms with Gasteiger partial charge in [0.15, 0.2) is 5.75 Å². The van der Waals surface area contributed by atoms with E-state index in [1.807, 2.05) is 0 Å². The van der Waals surface area contributed by atoms with E-state index in [1.54, 1.807) is 0 Å². The zero-order valence-corrected chi connectivity index (χ0v) is 11.2. The lowest BCUT2D eigenvalue weighted by Crippen LogP contribution is -2.52. The Morgan fingerprint density at radius 2 is 1.52 bits per heavy atom. The predicted molar refractivity (Wildman–Crippen MR) is 63.0 cm³/mol. The smallest absolute Gasteiger partial charge is 0.237 e. The van der Waals surface area contributed by atoms with Crippen molar-refractivity contribution in [2.24, 2.45) is 5.73 Å². The molecule has 21 heavy (non-hydrogen) atoms. The zero-order chi connectivity index (χ0) is 16.4. The Balaban J connectivity index is 2.94. The fourth-order valence-corrected chi connectivity index (χ4v) is 1.44. The van der Waals surface area contributed by atoms with Gasteiger partial charge < -0.3 is 15.8 Å². The molecule has 0 aliphatic heterocycles. The molecule has 0 fully saturated rings. The first-order chi connectivity index (χ1) is 9.65. The summed E-state index contributed by atoms with van der Waals surface area (Å²) in [4.78, 5) is 11.2. The average Bonchev–Trinajstić information content (AvgIpc) is 2.46. The molecule has 4 nitrogen and oxygen atoms in total. The van der Waals surface area contributed by atoms with Crippen LogP contribution in [0.25, 0.3) is 0 Å². The number of ether oxygens (including phenoxy) is 1. The summed E-state index contributed by atoms with van der Waals surface area (Å²) in [5.41, 5.74) is 3.87. The molecule has 0 aliphatic carbocycles. The van der Waals surface area contributed by atoms with E-state index >= 15 is 0 Å².